The van der Waals surface area contributed by atoms with Crippen LogP contribution in [0.25, 0.3) is 10.9 Å². The number of nitrogens with one attached hydrogen (secondary N) is 1. The molecule has 0 amide bonds. The van der Waals surface area contributed by atoms with E-state index in [9.17, 15) is 0 Å². The van der Waals surface area contributed by atoms with Crippen molar-refractivity contribution >= 4 is 16.7 Å². The molecule has 0 saturated carbocycles. The van der Waals surface area contributed by atoms with E-state index in [2.05, 4.69) is 40.5 Å². The maximum absolute atomic E-state index is 4.90. The maximum Gasteiger partial charge on any atom is 0.132 e. The quantitative estimate of drug-likeness (QED) is 0.824. The van der Waals surface area contributed by atoms with Crippen molar-refractivity contribution < 1.29 is 0 Å². The molecule has 2 aromatic rings. The summed E-state index contributed by atoms with van der Waals surface area (Å²) in [4.78, 5) is 7.40. The van der Waals surface area contributed by atoms with Gasteiger partial charge in [-0.15, -0.1) is 0 Å². The second-order valence-electron chi connectivity index (χ2n) is 5.27. The molecule has 0 radical (unpaired) electrons. The largest absolute Gasteiger partial charge is 0.351 e. The zero-order chi connectivity index (χ0) is 11.9. The van der Waals surface area contributed by atoms with Gasteiger partial charge < -0.3 is 10.2 Å². The van der Waals surface area contributed by atoms with Gasteiger partial charge in [-0.3, -0.25) is 0 Å². The van der Waals surface area contributed by atoms with Crippen molar-refractivity contribution in [2.75, 3.05) is 24.5 Å². The first-order valence-electron chi connectivity index (χ1n) is 6.78. The van der Waals surface area contributed by atoms with E-state index in [0.717, 1.165) is 25.2 Å². The minimum absolute atomic E-state index is 0.651. The number of nitrogens with zero attached hydrogens (tertiary/aromatic N) is 2. The van der Waals surface area contributed by atoms with E-state index in [1.807, 2.05) is 0 Å². The van der Waals surface area contributed by atoms with Crippen molar-refractivity contribution in [3.05, 3.63) is 35.9 Å². The van der Waals surface area contributed by atoms with Gasteiger partial charge in [0.05, 0.1) is 11.6 Å². The number of para-hydroxylation sites is 1. The predicted molar refractivity (Wildman–Crippen MR) is 74.1 cm³/mol. The molecule has 1 aromatic heterocycles. The highest BCUT2D eigenvalue weighted by molar-refractivity contribution is 5.82. The fraction of sp³-hybridized carbons (Fsp3) is 0.400. The molecule has 92 valence electrons. The molecule has 0 bridgehead atoms. The van der Waals surface area contributed by atoms with Crippen LogP contribution in [0.4, 0.5) is 5.82 Å². The first-order valence-corrected chi connectivity index (χ1v) is 6.78. The molecule has 2 aliphatic rings. The number of fused-ring (bicyclic) bond motifs is 2. The second-order valence-corrected chi connectivity index (χ2v) is 5.27. The van der Waals surface area contributed by atoms with E-state index in [-0.39, 0.29) is 0 Å². The summed E-state index contributed by atoms with van der Waals surface area (Å²) in [5, 5.41) is 4.63. The summed E-state index contributed by atoms with van der Waals surface area (Å²) in [5.74, 6) is 1.23. The molecule has 2 aliphatic heterocycles. The van der Waals surface area contributed by atoms with Gasteiger partial charge in [-0.2, -0.15) is 0 Å². The highest BCUT2D eigenvalue weighted by atomic mass is 15.3. The summed E-state index contributed by atoms with van der Waals surface area (Å²) in [7, 11) is 0. The summed E-state index contributed by atoms with van der Waals surface area (Å²) in [6, 6.07) is 11.4. The van der Waals surface area contributed by atoms with Gasteiger partial charge in [-0.1, -0.05) is 18.2 Å². The summed E-state index contributed by atoms with van der Waals surface area (Å²) < 4.78 is 0. The van der Waals surface area contributed by atoms with Crippen molar-refractivity contribution in [1.82, 2.24) is 10.3 Å². The van der Waals surface area contributed by atoms with E-state index in [1.165, 1.54) is 29.6 Å². The summed E-state index contributed by atoms with van der Waals surface area (Å²) >= 11 is 0. The van der Waals surface area contributed by atoms with Crippen LogP contribution in [-0.4, -0.2) is 30.7 Å². The molecule has 1 saturated heterocycles. The molecule has 0 atom stereocenters. The molecule has 3 nitrogen and oxygen atoms in total. The summed E-state index contributed by atoms with van der Waals surface area (Å²) in [5.41, 5.74) is 2.54. The minimum atomic E-state index is 0.651. The Morgan fingerprint density at radius 3 is 2.94 bits per heavy atom. The van der Waals surface area contributed by atoms with Crippen LogP contribution >= 0.6 is 0 Å². The van der Waals surface area contributed by atoms with Gasteiger partial charge in [-0.05, 0) is 30.5 Å². The van der Waals surface area contributed by atoms with Crippen LogP contribution in [0.1, 0.15) is 12.0 Å². The Hall–Kier alpha value is -1.61. The molecular formula is C15H17N3. The average Bonchev–Trinajstić information content (AvgIpc) is 2.35. The van der Waals surface area contributed by atoms with Crippen LogP contribution < -0.4 is 10.2 Å². The van der Waals surface area contributed by atoms with Gasteiger partial charge in [0.15, 0.2) is 0 Å². The predicted octanol–water partition coefficient (Wildman–Crippen LogP) is 1.96. The van der Waals surface area contributed by atoms with Crippen molar-refractivity contribution in [3.8, 4) is 0 Å². The number of hydrogen-bond acceptors (Lipinski definition) is 3. The van der Waals surface area contributed by atoms with Gasteiger partial charge in [0.2, 0.25) is 0 Å². The molecule has 3 heteroatoms. The van der Waals surface area contributed by atoms with E-state index >= 15 is 0 Å². The van der Waals surface area contributed by atoms with Crippen LogP contribution in [0.5, 0.6) is 0 Å². The number of aryl methyl sites for hydroxylation is 1. The molecule has 0 aliphatic carbocycles. The monoisotopic (exact) mass is 239 g/mol. The lowest BCUT2D eigenvalue weighted by atomic mass is 10.00. The van der Waals surface area contributed by atoms with E-state index in [0.29, 0.717) is 6.04 Å². The smallest absolute Gasteiger partial charge is 0.132 e. The zero-order valence-corrected chi connectivity index (χ0v) is 10.4. The number of aromatic nitrogens is 1. The number of benzene rings is 1. The Morgan fingerprint density at radius 2 is 2.11 bits per heavy atom. The van der Waals surface area contributed by atoms with Gasteiger partial charge in [0.1, 0.15) is 5.82 Å². The lowest BCUT2D eigenvalue weighted by Gasteiger charge is -2.42. The fourth-order valence-corrected chi connectivity index (χ4v) is 2.98. The molecule has 1 aromatic carbocycles. The Morgan fingerprint density at radius 1 is 1.22 bits per heavy atom. The minimum Gasteiger partial charge on any atom is -0.351 e. The van der Waals surface area contributed by atoms with E-state index in [1.54, 1.807) is 0 Å². The Bertz CT molecular complexity index is 589. The van der Waals surface area contributed by atoms with Crippen LogP contribution in [0, 0.1) is 0 Å². The fourth-order valence-electron chi connectivity index (χ4n) is 2.98. The average molecular weight is 239 g/mol. The van der Waals surface area contributed by atoms with E-state index < -0.39 is 0 Å². The second kappa shape index (κ2) is 3.95. The maximum atomic E-state index is 4.90. The highest BCUT2D eigenvalue weighted by Crippen LogP contribution is 2.30. The molecule has 0 unspecified atom stereocenters. The lowest BCUT2D eigenvalue weighted by Crippen LogP contribution is -2.58. The van der Waals surface area contributed by atoms with Crippen molar-refractivity contribution in [3.63, 3.8) is 0 Å². The number of anilines is 1. The molecule has 18 heavy (non-hydrogen) atoms. The van der Waals surface area contributed by atoms with Gasteiger partial charge in [-0.25, -0.2) is 4.98 Å². The Labute approximate surface area is 107 Å². The summed E-state index contributed by atoms with van der Waals surface area (Å²) in [6.07, 6.45) is 2.42. The van der Waals surface area contributed by atoms with Crippen LogP contribution in [0.3, 0.4) is 0 Å². The lowest BCUT2D eigenvalue weighted by molar-refractivity contribution is 0.403. The highest BCUT2D eigenvalue weighted by Gasteiger charge is 2.29. The van der Waals surface area contributed by atoms with Crippen LogP contribution in [0.2, 0.25) is 0 Å². The van der Waals surface area contributed by atoms with E-state index in [4.69, 9.17) is 4.98 Å². The van der Waals surface area contributed by atoms with Crippen LogP contribution in [0.15, 0.2) is 30.3 Å². The zero-order valence-electron chi connectivity index (χ0n) is 10.4. The molecule has 3 heterocycles. The summed E-state index contributed by atoms with van der Waals surface area (Å²) in [6.45, 7) is 3.37. The standard InChI is InChI=1S/C15H17N3/c1-2-6-14-11(4-1)8-12-5-3-7-18(15(12)17-14)13-9-16-10-13/h1-2,4,6,8,13,16H,3,5,7,9-10H2. The van der Waals surface area contributed by atoms with Crippen molar-refractivity contribution in [1.29, 1.82) is 0 Å². The molecule has 4 rings (SSSR count). The number of hydrogen-bond donors (Lipinski definition) is 1. The van der Waals surface area contributed by atoms with Gasteiger partial charge in [0.25, 0.3) is 0 Å². The first kappa shape index (κ1) is 10.3. The third-order valence-electron chi connectivity index (χ3n) is 4.10. The van der Waals surface area contributed by atoms with Crippen LogP contribution in [-0.2, 0) is 6.42 Å². The number of rotatable bonds is 1. The third kappa shape index (κ3) is 1.51. The third-order valence-corrected chi connectivity index (χ3v) is 4.10. The molecule has 1 N–H and O–H groups in total. The van der Waals surface area contributed by atoms with Gasteiger partial charge in [0, 0.05) is 25.0 Å². The Balaban J connectivity index is 1.85. The first-order chi connectivity index (χ1) is 8.92. The van der Waals surface area contributed by atoms with Crippen molar-refractivity contribution in [2.45, 2.75) is 18.9 Å². The molecular weight excluding hydrogens is 222 g/mol. The topological polar surface area (TPSA) is 28.2 Å². The molecule has 1 fully saturated rings. The normalized spacial score (nSPS) is 19.7. The Kier molecular flexibility index (Phi) is 2.27. The van der Waals surface area contributed by atoms with Crippen molar-refractivity contribution in [2.24, 2.45) is 0 Å². The van der Waals surface area contributed by atoms with Gasteiger partial charge >= 0.3 is 0 Å². The number of pyridine rings is 1. The SMILES string of the molecule is c1ccc2nc3c(cc2c1)CCCN3C1CNC1. The molecule has 0 spiro atoms.